The number of rotatable bonds is 44. The maximum atomic E-state index is 12.4. The first kappa shape index (κ1) is 53.6. The largest absolute Gasteiger partial charge is 0.394 e. The molecule has 0 saturated heterocycles. The summed E-state index contributed by atoms with van der Waals surface area (Å²) in [7, 11) is 0. The van der Waals surface area contributed by atoms with Crippen LogP contribution in [0.25, 0.3) is 0 Å². The normalized spacial score (nSPS) is 13.8. The van der Waals surface area contributed by atoms with Crippen molar-refractivity contribution in [3.63, 3.8) is 0 Å². The molecular weight excluding hydrogens is 679 g/mol. The molecule has 3 unspecified atom stereocenters. The summed E-state index contributed by atoms with van der Waals surface area (Å²) < 4.78 is 0. The van der Waals surface area contributed by atoms with Crippen LogP contribution in [-0.2, 0) is 4.79 Å². The Kier molecular flexibility index (Phi) is 44.1. The molecule has 0 aliphatic carbocycles. The van der Waals surface area contributed by atoms with E-state index in [0.717, 1.165) is 32.1 Å². The fourth-order valence-electron chi connectivity index (χ4n) is 7.43. The molecule has 0 aromatic heterocycles. The summed E-state index contributed by atoms with van der Waals surface area (Å²) in [6, 6.07) is -0.744. The fourth-order valence-corrected chi connectivity index (χ4v) is 7.43. The molecule has 4 N–H and O–H groups in total. The van der Waals surface area contributed by atoms with Crippen LogP contribution in [0.4, 0.5) is 0 Å². The van der Waals surface area contributed by atoms with Gasteiger partial charge in [-0.3, -0.25) is 4.79 Å². The Balaban J connectivity index is 3.59. The van der Waals surface area contributed by atoms with Gasteiger partial charge in [0, 0.05) is 0 Å². The minimum absolute atomic E-state index is 0.0127. The van der Waals surface area contributed by atoms with Crippen molar-refractivity contribution in [3.8, 4) is 0 Å². The van der Waals surface area contributed by atoms with Crippen LogP contribution >= 0.6 is 0 Å². The van der Waals surface area contributed by atoms with E-state index in [1.807, 2.05) is 6.08 Å². The highest BCUT2D eigenvalue weighted by atomic mass is 16.3. The Labute approximate surface area is 343 Å². The lowest BCUT2D eigenvalue weighted by atomic mass is 10.0. The average molecular weight is 774 g/mol. The number of aliphatic hydroxyl groups excluding tert-OH is 3. The zero-order chi connectivity index (χ0) is 40.1. The molecule has 0 saturated carbocycles. The Morgan fingerprint density at radius 2 is 0.818 bits per heavy atom. The number of carbonyl (C=O) groups excluding carboxylic acids is 1. The third-order valence-corrected chi connectivity index (χ3v) is 11.2. The van der Waals surface area contributed by atoms with E-state index in [1.165, 1.54) is 193 Å². The highest BCUT2D eigenvalue weighted by Crippen LogP contribution is 2.16. The molecular formula is C50H95NO4. The molecule has 0 bridgehead atoms. The van der Waals surface area contributed by atoms with Crippen LogP contribution in [0.2, 0.25) is 0 Å². The van der Waals surface area contributed by atoms with Crippen molar-refractivity contribution in [2.24, 2.45) is 0 Å². The molecule has 0 rings (SSSR count). The van der Waals surface area contributed by atoms with E-state index in [4.69, 9.17) is 0 Å². The van der Waals surface area contributed by atoms with Crippen molar-refractivity contribution in [2.75, 3.05) is 6.61 Å². The first-order valence-electron chi connectivity index (χ1n) is 24.3. The number of hydrogen-bond donors (Lipinski definition) is 4. The van der Waals surface area contributed by atoms with Crippen molar-refractivity contribution in [3.05, 3.63) is 36.5 Å². The van der Waals surface area contributed by atoms with Gasteiger partial charge in [0.2, 0.25) is 5.91 Å². The van der Waals surface area contributed by atoms with E-state index in [-0.39, 0.29) is 18.9 Å². The van der Waals surface area contributed by atoms with Crippen LogP contribution < -0.4 is 5.32 Å². The second-order valence-electron chi connectivity index (χ2n) is 16.7. The van der Waals surface area contributed by atoms with Gasteiger partial charge in [-0.2, -0.15) is 0 Å². The number of unbranched alkanes of at least 4 members (excludes halogenated alkanes) is 31. The third-order valence-electron chi connectivity index (χ3n) is 11.2. The summed E-state index contributed by atoms with van der Waals surface area (Å²) in [6.07, 6.45) is 57.3. The monoisotopic (exact) mass is 774 g/mol. The highest BCUT2D eigenvalue weighted by Gasteiger charge is 2.20. The van der Waals surface area contributed by atoms with Gasteiger partial charge in [0.15, 0.2) is 0 Å². The summed E-state index contributed by atoms with van der Waals surface area (Å²) in [5.41, 5.74) is 0. The Bertz CT molecular complexity index is 855. The molecule has 0 fully saturated rings. The van der Waals surface area contributed by atoms with E-state index in [1.54, 1.807) is 6.08 Å². The summed E-state index contributed by atoms with van der Waals surface area (Å²) in [5.74, 6) is -0.316. The number of hydrogen-bond acceptors (Lipinski definition) is 4. The van der Waals surface area contributed by atoms with E-state index in [2.05, 4.69) is 43.5 Å². The molecule has 1 amide bonds. The van der Waals surface area contributed by atoms with Crippen molar-refractivity contribution >= 4 is 5.91 Å². The van der Waals surface area contributed by atoms with E-state index < -0.39 is 18.2 Å². The van der Waals surface area contributed by atoms with Crippen molar-refractivity contribution in [1.29, 1.82) is 0 Å². The Morgan fingerprint density at radius 3 is 1.20 bits per heavy atom. The molecule has 0 aromatic rings. The maximum absolute atomic E-state index is 12.4. The summed E-state index contributed by atoms with van der Waals surface area (Å²) in [6.45, 7) is 4.21. The summed E-state index contributed by atoms with van der Waals surface area (Å²) in [4.78, 5) is 12.4. The number of carbonyl (C=O) groups is 1. The molecule has 0 aliphatic rings. The molecule has 0 spiro atoms. The van der Waals surface area contributed by atoms with Crippen LogP contribution in [0, 0.1) is 0 Å². The first-order valence-corrected chi connectivity index (χ1v) is 24.3. The van der Waals surface area contributed by atoms with Gasteiger partial charge in [-0.1, -0.05) is 230 Å². The Morgan fingerprint density at radius 1 is 0.473 bits per heavy atom. The predicted octanol–water partition coefficient (Wildman–Crippen LogP) is 14.3. The topological polar surface area (TPSA) is 89.8 Å². The van der Waals surface area contributed by atoms with E-state index in [9.17, 15) is 20.1 Å². The van der Waals surface area contributed by atoms with Gasteiger partial charge in [0.25, 0.3) is 0 Å². The van der Waals surface area contributed by atoms with Gasteiger partial charge in [-0.05, 0) is 51.4 Å². The van der Waals surface area contributed by atoms with Gasteiger partial charge in [0.1, 0.15) is 0 Å². The molecule has 55 heavy (non-hydrogen) atoms. The SMILES string of the molecule is CCCCCCCCCCC/C=C\C/C=C\CCCCCCCCCCCCCC(O)CC(=O)NC(CO)C(O)/C=C/CCCCCCCCCCCCC. The van der Waals surface area contributed by atoms with Gasteiger partial charge >= 0.3 is 0 Å². The van der Waals surface area contributed by atoms with Gasteiger partial charge in [0.05, 0.1) is 31.3 Å². The maximum Gasteiger partial charge on any atom is 0.222 e. The van der Waals surface area contributed by atoms with Crippen LogP contribution in [0.5, 0.6) is 0 Å². The molecule has 0 heterocycles. The quantitative estimate of drug-likeness (QED) is 0.0367. The molecule has 0 aromatic carbocycles. The van der Waals surface area contributed by atoms with Crippen LogP contribution in [-0.4, -0.2) is 46.1 Å². The highest BCUT2D eigenvalue weighted by molar-refractivity contribution is 5.76. The zero-order valence-corrected chi connectivity index (χ0v) is 36.8. The summed E-state index contributed by atoms with van der Waals surface area (Å²) in [5, 5.41) is 33.3. The van der Waals surface area contributed by atoms with Crippen molar-refractivity contribution in [2.45, 2.75) is 270 Å². The first-order chi connectivity index (χ1) is 27.0. The zero-order valence-electron chi connectivity index (χ0n) is 36.8. The van der Waals surface area contributed by atoms with Crippen molar-refractivity contribution in [1.82, 2.24) is 5.32 Å². The standard InChI is InChI=1S/C50H95NO4/c1-3-5-7-9-11-13-15-17-18-19-20-21-22-23-24-25-26-27-28-29-30-32-33-35-37-39-41-43-47(53)45-50(55)51-48(46-52)49(54)44-42-40-38-36-34-31-16-14-12-10-8-6-4-2/h20-21,23-24,42,44,47-49,52-54H,3-19,22,25-41,43,45-46H2,1-2H3,(H,51,55)/b21-20-,24-23-,44-42+. The van der Waals surface area contributed by atoms with Crippen molar-refractivity contribution < 1.29 is 20.1 Å². The lowest BCUT2D eigenvalue weighted by Gasteiger charge is -2.21. The number of nitrogens with one attached hydrogen (secondary N) is 1. The smallest absolute Gasteiger partial charge is 0.222 e. The molecule has 324 valence electrons. The second-order valence-corrected chi connectivity index (χ2v) is 16.7. The minimum atomic E-state index is -0.928. The lowest BCUT2D eigenvalue weighted by Crippen LogP contribution is -2.45. The molecule has 5 nitrogen and oxygen atoms in total. The third kappa shape index (κ3) is 42.0. The molecule has 0 aliphatic heterocycles. The number of aliphatic hydroxyl groups is 3. The molecule has 5 heteroatoms. The Hall–Kier alpha value is -1.43. The van der Waals surface area contributed by atoms with Crippen LogP contribution in [0.15, 0.2) is 36.5 Å². The van der Waals surface area contributed by atoms with Gasteiger partial charge in [-0.25, -0.2) is 0 Å². The lowest BCUT2D eigenvalue weighted by molar-refractivity contribution is -0.124. The number of allylic oxidation sites excluding steroid dienone is 5. The minimum Gasteiger partial charge on any atom is -0.394 e. The van der Waals surface area contributed by atoms with Crippen LogP contribution in [0.3, 0.4) is 0 Å². The average Bonchev–Trinajstić information content (AvgIpc) is 3.18. The van der Waals surface area contributed by atoms with Gasteiger partial charge in [-0.15, -0.1) is 0 Å². The van der Waals surface area contributed by atoms with E-state index in [0.29, 0.717) is 6.42 Å². The van der Waals surface area contributed by atoms with Crippen LogP contribution in [0.1, 0.15) is 251 Å². The van der Waals surface area contributed by atoms with E-state index >= 15 is 0 Å². The summed E-state index contributed by atoms with van der Waals surface area (Å²) >= 11 is 0. The predicted molar refractivity (Wildman–Crippen MR) is 241 cm³/mol. The fraction of sp³-hybridized carbons (Fsp3) is 0.860. The molecule has 3 atom stereocenters. The molecule has 0 radical (unpaired) electrons. The number of amides is 1. The second kappa shape index (κ2) is 45.3. The van der Waals surface area contributed by atoms with Gasteiger partial charge < -0.3 is 20.6 Å².